The highest BCUT2D eigenvalue weighted by molar-refractivity contribution is 5.58. The van der Waals surface area contributed by atoms with Crippen molar-refractivity contribution in [2.24, 2.45) is 0 Å². The first kappa shape index (κ1) is 15.0. The normalized spacial score (nSPS) is 11.7. The Morgan fingerprint density at radius 1 is 1.33 bits per heavy atom. The van der Waals surface area contributed by atoms with E-state index in [4.69, 9.17) is 5.26 Å². The van der Waals surface area contributed by atoms with Crippen LogP contribution in [0.5, 0.6) is 0 Å². The predicted molar refractivity (Wildman–Crippen MR) is 82.8 cm³/mol. The van der Waals surface area contributed by atoms with Crippen molar-refractivity contribution in [3.05, 3.63) is 59.4 Å². The molecular formula is C17H19N3O. The van der Waals surface area contributed by atoms with Gasteiger partial charge in [-0.1, -0.05) is 12.1 Å². The Balaban J connectivity index is 2.39. The average Bonchev–Trinajstić information content (AvgIpc) is 2.52. The molecule has 2 aromatic rings. The Morgan fingerprint density at radius 3 is 2.71 bits per heavy atom. The van der Waals surface area contributed by atoms with Crippen LogP contribution in [0.2, 0.25) is 0 Å². The number of aliphatic hydroxyl groups excluding tert-OH is 1. The molecule has 4 heteroatoms. The molecule has 0 unspecified atom stereocenters. The van der Waals surface area contributed by atoms with E-state index in [1.54, 1.807) is 19.2 Å². The molecule has 0 aliphatic carbocycles. The van der Waals surface area contributed by atoms with Gasteiger partial charge in [-0.15, -0.1) is 0 Å². The van der Waals surface area contributed by atoms with Gasteiger partial charge in [-0.25, -0.2) is 0 Å². The number of nitrogens with zero attached hydrogens (tertiary/aromatic N) is 3. The van der Waals surface area contributed by atoms with Gasteiger partial charge in [0.1, 0.15) is 0 Å². The Labute approximate surface area is 125 Å². The van der Waals surface area contributed by atoms with E-state index in [1.165, 1.54) is 0 Å². The third kappa shape index (κ3) is 3.59. The molecule has 4 nitrogen and oxygen atoms in total. The quantitative estimate of drug-likeness (QED) is 0.915. The molecule has 1 aromatic carbocycles. The maximum atomic E-state index is 9.95. The van der Waals surface area contributed by atoms with Crippen molar-refractivity contribution in [3.63, 3.8) is 0 Å². The van der Waals surface area contributed by atoms with Crippen molar-refractivity contribution in [3.8, 4) is 6.07 Å². The summed E-state index contributed by atoms with van der Waals surface area (Å²) in [5.74, 6) is 0. The van der Waals surface area contributed by atoms with E-state index in [0.29, 0.717) is 12.1 Å². The van der Waals surface area contributed by atoms with Gasteiger partial charge < -0.3 is 10.0 Å². The number of aliphatic hydroxyl groups is 1. The molecule has 0 amide bonds. The van der Waals surface area contributed by atoms with E-state index in [0.717, 1.165) is 23.5 Å². The van der Waals surface area contributed by atoms with Crippen LogP contribution >= 0.6 is 0 Å². The number of nitriles is 1. The van der Waals surface area contributed by atoms with E-state index in [2.05, 4.69) is 16.0 Å². The molecule has 0 aliphatic rings. The molecule has 1 aromatic heterocycles. The largest absolute Gasteiger partial charge is 0.389 e. The summed E-state index contributed by atoms with van der Waals surface area (Å²) in [5, 5.41) is 19.0. The summed E-state index contributed by atoms with van der Waals surface area (Å²) >= 11 is 0. The zero-order valence-electron chi connectivity index (χ0n) is 12.3. The van der Waals surface area contributed by atoms with E-state index in [1.807, 2.05) is 37.3 Å². The van der Waals surface area contributed by atoms with E-state index >= 15 is 0 Å². The predicted octanol–water partition coefficient (Wildman–Crippen LogP) is 3.03. The van der Waals surface area contributed by atoms with Crippen molar-refractivity contribution in [2.45, 2.75) is 26.5 Å². The minimum Gasteiger partial charge on any atom is -0.389 e. The smallest absolute Gasteiger partial charge is 0.0992 e. The second-order valence-electron chi connectivity index (χ2n) is 4.90. The molecule has 0 spiro atoms. The van der Waals surface area contributed by atoms with Crippen LogP contribution in [-0.2, 0) is 6.54 Å². The van der Waals surface area contributed by atoms with Crippen molar-refractivity contribution >= 4 is 5.69 Å². The van der Waals surface area contributed by atoms with Gasteiger partial charge in [0.2, 0.25) is 0 Å². The van der Waals surface area contributed by atoms with Crippen LogP contribution in [0, 0.1) is 11.3 Å². The standard InChI is InChI=1S/C17H19N3O/c1-3-20(12-15-6-4-5-9-19-15)17-10-14(11-18)7-8-16(17)13(2)21/h4-10,13,21H,3,12H2,1-2H3/t13-/m1/s1. The zero-order chi connectivity index (χ0) is 15.2. The van der Waals surface area contributed by atoms with Gasteiger partial charge in [-0.05, 0) is 38.1 Å². The molecule has 21 heavy (non-hydrogen) atoms. The highest BCUT2D eigenvalue weighted by Crippen LogP contribution is 2.28. The molecule has 108 valence electrons. The van der Waals surface area contributed by atoms with Gasteiger partial charge in [-0.3, -0.25) is 4.98 Å². The van der Waals surface area contributed by atoms with Crippen molar-refractivity contribution in [1.29, 1.82) is 5.26 Å². The number of anilines is 1. The summed E-state index contributed by atoms with van der Waals surface area (Å²) < 4.78 is 0. The summed E-state index contributed by atoms with van der Waals surface area (Å²) in [6.07, 6.45) is 1.19. The summed E-state index contributed by atoms with van der Waals surface area (Å²) in [5.41, 5.74) is 3.26. The lowest BCUT2D eigenvalue weighted by atomic mass is 10.0. The molecule has 0 saturated carbocycles. The second kappa shape index (κ2) is 6.87. The van der Waals surface area contributed by atoms with Crippen LogP contribution in [0.15, 0.2) is 42.6 Å². The number of rotatable bonds is 5. The van der Waals surface area contributed by atoms with Crippen molar-refractivity contribution in [1.82, 2.24) is 4.98 Å². The van der Waals surface area contributed by atoms with Crippen molar-refractivity contribution in [2.75, 3.05) is 11.4 Å². The SMILES string of the molecule is CCN(Cc1ccccn1)c1cc(C#N)ccc1[C@@H](C)O. The Kier molecular flexibility index (Phi) is 4.91. The number of benzene rings is 1. The third-order valence-electron chi connectivity index (χ3n) is 3.41. The molecule has 0 saturated heterocycles. The third-order valence-corrected chi connectivity index (χ3v) is 3.41. The molecule has 1 atom stereocenters. The average molecular weight is 281 g/mol. The lowest BCUT2D eigenvalue weighted by Gasteiger charge is -2.26. The molecule has 1 N–H and O–H groups in total. The monoisotopic (exact) mass is 281 g/mol. The van der Waals surface area contributed by atoms with Crippen LogP contribution in [0.25, 0.3) is 0 Å². The van der Waals surface area contributed by atoms with Gasteiger partial charge in [0.05, 0.1) is 30.0 Å². The van der Waals surface area contributed by atoms with Crippen LogP contribution in [-0.4, -0.2) is 16.6 Å². The van der Waals surface area contributed by atoms with E-state index in [9.17, 15) is 5.11 Å². The fourth-order valence-corrected chi connectivity index (χ4v) is 2.29. The fourth-order valence-electron chi connectivity index (χ4n) is 2.29. The number of pyridine rings is 1. The summed E-state index contributed by atoms with van der Waals surface area (Å²) in [6.45, 7) is 5.20. The van der Waals surface area contributed by atoms with Gasteiger partial charge in [0.15, 0.2) is 0 Å². The van der Waals surface area contributed by atoms with Crippen LogP contribution in [0.1, 0.15) is 36.8 Å². The molecule has 0 radical (unpaired) electrons. The molecular weight excluding hydrogens is 262 g/mol. The van der Waals surface area contributed by atoms with Gasteiger partial charge in [-0.2, -0.15) is 5.26 Å². The highest BCUT2D eigenvalue weighted by atomic mass is 16.3. The van der Waals surface area contributed by atoms with Gasteiger partial charge in [0.25, 0.3) is 0 Å². The molecule has 0 bridgehead atoms. The Bertz CT molecular complexity index is 632. The summed E-state index contributed by atoms with van der Waals surface area (Å²) in [4.78, 5) is 6.46. The zero-order valence-corrected chi connectivity index (χ0v) is 12.3. The van der Waals surface area contributed by atoms with E-state index < -0.39 is 6.10 Å². The van der Waals surface area contributed by atoms with Gasteiger partial charge in [0, 0.05) is 24.0 Å². The number of hydrogen-bond acceptors (Lipinski definition) is 4. The molecule has 2 rings (SSSR count). The molecule has 1 heterocycles. The fraction of sp³-hybridized carbons (Fsp3) is 0.294. The second-order valence-corrected chi connectivity index (χ2v) is 4.90. The highest BCUT2D eigenvalue weighted by Gasteiger charge is 2.15. The minimum absolute atomic E-state index is 0.578. The summed E-state index contributed by atoms with van der Waals surface area (Å²) in [7, 11) is 0. The van der Waals surface area contributed by atoms with Crippen LogP contribution in [0.4, 0.5) is 5.69 Å². The topological polar surface area (TPSA) is 60.2 Å². The number of hydrogen-bond donors (Lipinski definition) is 1. The Morgan fingerprint density at radius 2 is 2.14 bits per heavy atom. The maximum Gasteiger partial charge on any atom is 0.0992 e. The van der Waals surface area contributed by atoms with E-state index in [-0.39, 0.29) is 0 Å². The van der Waals surface area contributed by atoms with Gasteiger partial charge >= 0.3 is 0 Å². The molecule has 0 fully saturated rings. The lowest BCUT2D eigenvalue weighted by Crippen LogP contribution is -2.24. The molecule has 0 aliphatic heterocycles. The van der Waals surface area contributed by atoms with Crippen LogP contribution < -0.4 is 4.90 Å². The first-order chi connectivity index (χ1) is 10.2. The lowest BCUT2D eigenvalue weighted by molar-refractivity contribution is 0.199. The Hall–Kier alpha value is -2.38. The minimum atomic E-state index is -0.578. The summed E-state index contributed by atoms with van der Waals surface area (Å²) in [6, 6.07) is 13.3. The maximum absolute atomic E-state index is 9.95. The first-order valence-corrected chi connectivity index (χ1v) is 7.02. The first-order valence-electron chi connectivity index (χ1n) is 7.02. The number of aromatic nitrogens is 1. The van der Waals surface area contributed by atoms with Crippen molar-refractivity contribution < 1.29 is 5.11 Å². The van der Waals surface area contributed by atoms with Crippen LogP contribution in [0.3, 0.4) is 0 Å².